The van der Waals surface area contributed by atoms with Crippen LogP contribution in [0.5, 0.6) is 0 Å². The molecule has 0 aliphatic heterocycles. The Morgan fingerprint density at radius 1 is 0.655 bits per heavy atom. The number of unbranched alkanes of at least 4 members (excludes halogenated alkanes) is 14. The Kier molecular flexibility index (Phi) is 22.9. The lowest BCUT2D eigenvalue weighted by molar-refractivity contribution is 0.143. The monoisotopic (exact) mass is 412 g/mol. The van der Waals surface area contributed by atoms with Crippen LogP contribution in [0.2, 0.25) is 0 Å². The molecular weight excluding hydrogens is 360 g/mol. The topological polar surface area (TPSA) is 41.6 Å². The molecule has 0 saturated carbocycles. The highest BCUT2D eigenvalue weighted by Crippen LogP contribution is 2.11. The van der Waals surface area contributed by atoms with Crippen molar-refractivity contribution < 1.29 is 9.53 Å². The molecule has 0 aromatic heterocycles. The summed E-state index contributed by atoms with van der Waals surface area (Å²) in [7, 11) is 0. The van der Waals surface area contributed by atoms with Crippen molar-refractivity contribution in [3.63, 3.8) is 0 Å². The lowest BCUT2D eigenvalue weighted by Crippen LogP contribution is -2.25. The number of carbonyl (C=O) groups is 1. The number of nitrogens with zero attached hydrogens (tertiary/aromatic N) is 1. The maximum Gasteiger partial charge on any atom is 0.407 e. The van der Waals surface area contributed by atoms with Crippen molar-refractivity contribution in [3.05, 3.63) is 0 Å². The number of rotatable bonds is 22. The molecule has 1 amide bonds. The van der Waals surface area contributed by atoms with E-state index in [1.807, 2.05) is 0 Å². The highest BCUT2D eigenvalue weighted by atomic mass is 16.5. The minimum atomic E-state index is -0.240. The van der Waals surface area contributed by atoms with Gasteiger partial charge in [-0.05, 0) is 38.9 Å². The molecule has 0 aromatic rings. The normalized spacial score (nSPS) is 11.2. The van der Waals surface area contributed by atoms with Gasteiger partial charge in [-0.3, -0.25) is 0 Å². The summed E-state index contributed by atoms with van der Waals surface area (Å²) in [6, 6.07) is 0. The summed E-state index contributed by atoms with van der Waals surface area (Å²) in [6.07, 6.45) is 20.4. The highest BCUT2D eigenvalue weighted by Gasteiger charge is 2.02. The van der Waals surface area contributed by atoms with Gasteiger partial charge >= 0.3 is 6.09 Å². The number of alkyl carbamates (subject to hydrolysis) is 1. The second-order valence-electron chi connectivity index (χ2n) is 8.39. The summed E-state index contributed by atoms with van der Waals surface area (Å²) >= 11 is 0. The molecule has 0 rings (SSSR count). The van der Waals surface area contributed by atoms with Gasteiger partial charge < -0.3 is 15.0 Å². The molecule has 1 N–H and O–H groups in total. The van der Waals surface area contributed by atoms with E-state index in [-0.39, 0.29) is 6.09 Å². The molecule has 0 bridgehead atoms. The number of carbonyl (C=O) groups excluding carboxylic acids is 1. The number of ether oxygens (including phenoxy) is 1. The van der Waals surface area contributed by atoms with Gasteiger partial charge in [-0.25, -0.2) is 4.79 Å². The molecule has 0 unspecified atom stereocenters. The van der Waals surface area contributed by atoms with Gasteiger partial charge in [0.2, 0.25) is 0 Å². The fourth-order valence-electron chi connectivity index (χ4n) is 3.70. The van der Waals surface area contributed by atoms with Gasteiger partial charge in [-0.1, -0.05) is 104 Å². The fraction of sp³-hybridized carbons (Fsp3) is 0.960. The van der Waals surface area contributed by atoms with Crippen LogP contribution in [-0.2, 0) is 4.74 Å². The Morgan fingerprint density at radius 3 is 1.69 bits per heavy atom. The largest absolute Gasteiger partial charge is 0.450 e. The van der Waals surface area contributed by atoms with E-state index in [9.17, 15) is 4.79 Å². The molecule has 0 saturated heterocycles. The van der Waals surface area contributed by atoms with Gasteiger partial charge in [0.25, 0.3) is 0 Å². The fourth-order valence-corrected chi connectivity index (χ4v) is 3.70. The Morgan fingerprint density at radius 2 is 1.14 bits per heavy atom. The minimum Gasteiger partial charge on any atom is -0.450 e. The summed E-state index contributed by atoms with van der Waals surface area (Å²) in [4.78, 5) is 14.1. The van der Waals surface area contributed by atoms with E-state index in [2.05, 4.69) is 31.0 Å². The standard InChI is InChI=1S/C25H52N2O2/c1-4-7-8-9-10-11-12-13-14-15-16-19-22-26-25(28)29-24-21-18-17-20-23-27(5-2)6-3/h4-24H2,1-3H3,(H,26,28). The summed E-state index contributed by atoms with van der Waals surface area (Å²) in [5, 5.41) is 2.88. The summed E-state index contributed by atoms with van der Waals surface area (Å²) < 4.78 is 5.26. The van der Waals surface area contributed by atoms with E-state index >= 15 is 0 Å². The van der Waals surface area contributed by atoms with E-state index in [1.165, 1.54) is 90.0 Å². The van der Waals surface area contributed by atoms with Crippen molar-refractivity contribution in [3.8, 4) is 0 Å². The lowest BCUT2D eigenvalue weighted by atomic mass is 10.1. The first-order chi connectivity index (χ1) is 14.2. The third-order valence-corrected chi connectivity index (χ3v) is 5.80. The number of nitrogens with one attached hydrogen (secondary N) is 1. The first-order valence-electron chi connectivity index (χ1n) is 12.9. The van der Waals surface area contributed by atoms with Crippen LogP contribution in [-0.4, -0.2) is 43.8 Å². The lowest BCUT2D eigenvalue weighted by Gasteiger charge is -2.17. The van der Waals surface area contributed by atoms with Gasteiger partial charge in [0, 0.05) is 6.54 Å². The van der Waals surface area contributed by atoms with Gasteiger partial charge in [0.05, 0.1) is 6.61 Å². The molecule has 0 aliphatic carbocycles. The van der Waals surface area contributed by atoms with Gasteiger partial charge in [0.1, 0.15) is 0 Å². The molecule has 0 radical (unpaired) electrons. The van der Waals surface area contributed by atoms with Crippen LogP contribution in [0.25, 0.3) is 0 Å². The molecule has 174 valence electrons. The summed E-state index contributed by atoms with van der Waals surface area (Å²) in [5.41, 5.74) is 0. The third-order valence-electron chi connectivity index (χ3n) is 5.80. The van der Waals surface area contributed by atoms with Crippen LogP contribution < -0.4 is 5.32 Å². The van der Waals surface area contributed by atoms with Crippen molar-refractivity contribution in [1.82, 2.24) is 10.2 Å². The quantitative estimate of drug-likeness (QED) is 0.189. The average molecular weight is 413 g/mol. The van der Waals surface area contributed by atoms with Crippen molar-refractivity contribution in [2.45, 2.75) is 124 Å². The first-order valence-corrected chi connectivity index (χ1v) is 12.9. The van der Waals surface area contributed by atoms with Gasteiger partial charge in [0.15, 0.2) is 0 Å². The van der Waals surface area contributed by atoms with E-state index in [4.69, 9.17) is 4.74 Å². The van der Waals surface area contributed by atoms with E-state index < -0.39 is 0 Å². The molecule has 29 heavy (non-hydrogen) atoms. The maximum atomic E-state index is 11.7. The van der Waals surface area contributed by atoms with Gasteiger partial charge in [-0.2, -0.15) is 0 Å². The predicted molar refractivity (Wildman–Crippen MR) is 127 cm³/mol. The van der Waals surface area contributed by atoms with Crippen LogP contribution in [0.1, 0.15) is 124 Å². The Balaban J connectivity index is 3.20. The van der Waals surface area contributed by atoms with Crippen LogP contribution in [0, 0.1) is 0 Å². The predicted octanol–water partition coefficient (Wildman–Crippen LogP) is 7.32. The summed E-state index contributed by atoms with van der Waals surface area (Å²) in [6.45, 7) is 11.5. The zero-order valence-electron chi connectivity index (χ0n) is 20.1. The van der Waals surface area contributed by atoms with E-state index in [0.717, 1.165) is 38.9 Å². The van der Waals surface area contributed by atoms with Crippen LogP contribution in [0.15, 0.2) is 0 Å². The van der Waals surface area contributed by atoms with Crippen LogP contribution in [0.4, 0.5) is 4.79 Å². The first kappa shape index (κ1) is 28.2. The maximum absolute atomic E-state index is 11.7. The molecule has 0 heterocycles. The van der Waals surface area contributed by atoms with E-state index in [1.54, 1.807) is 0 Å². The van der Waals surface area contributed by atoms with Crippen molar-refractivity contribution >= 4 is 6.09 Å². The Bertz CT molecular complexity index is 333. The van der Waals surface area contributed by atoms with Gasteiger partial charge in [-0.15, -0.1) is 0 Å². The van der Waals surface area contributed by atoms with Crippen molar-refractivity contribution in [1.29, 1.82) is 0 Å². The zero-order valence-corrected chi connectivity index (χ0v) is 20.1. The molecule has 4 nitrogen and oxygen atoms in total. The van der Waals surface area contributed by atoms with Crippen molar-refractivity contribution in [2.24, 2.45) is 0 Å². The molecule has 0 aromatic carbocycles. The Labute approximate surface area is 182 Å². The molecule has 0 aliphatic rings. The number of amides is 1. The highest BCUT2D eigenvalue weighted by molar-refractivity contribution is 5.66. The van der Waals surface area contributed by atoms with E-state index in [0.29, 0.717) is 6.61 Å². The third kappa shape index (κ3) is 21.8. The number of hydrogen-bond acceptors (Lipinski definition) is 3. The zero-order chi connectivity index (χ0) is 21.4. The Hall–Kier alpha value is -0.770. The summed E-state index contributed by atoms with van der Waals surface area (Å²) in [5.74, 6) is 0. The SMILES string of the molecule is CCCCCCCCCCCCCCNC(=O)OCCCCCCN(CC)CC. The molecule has 0 atom stereocenters. The molecule has 0 spiro atoms. The van der Waals surface area contributed by atoms with Crippen LogP contribution in [0.3, 0.4) is 0 Å². The molecule has 0 fully saturated rings. The van der Waals surface area contributed by atoms with Crippen molar-refractivity contribution in [2.75, 3.05) is 32.8 Å². The smallest absolute Gasteiger partial charge is 0.407 e. The second kappa shape index (κ2) is 23.5. The molecule has 4 heteroatoms. The second-order valence-corrected chi connectivity index (χ2v) is 8.39. The number of hydrogen-bond donors (Lipinski definition) is 1. The minimum absolute atomic E-state index is 0.240. The average Bonchev–Trinajstić information content (AvgIpc) is 2.73. The van der Waals surface area contributed by atoms with Crippen LogP contribution >= 0.6 is 0 Å². The molecular formula is C25H52N2O2.